The fraction of sp³-hybridized carbons (Fsp3) is 0.833. The van der Waals surface area contributed by atoms with Gasteiger partial charge in [-0.3, -0.25) is 0 Å². The molecule has 4 heterocycles. The van der Waals surface area contributed by atoms with Gasteiger partial charge in [-0.1, -0.05) is 0 Å². The molecule has 94 valence electrons. The zero-order valence-corrected chi connectivity index (χ0v) is 10.5. The Hall–Kier alpha value is -0.940. The predicted molar refractivity (Wildman–Crippen MR) is 65.7 cm³/mol. The molecule has 2 bridgehead atoms. The zero-order valence-electron chi connectivity index (χ0n) is 10.5. The first-order valence-electron chi connectivity index (χ1n) is 6.61. The number of hydrogen-bond acceptors (Lipinski definition) is 4. The maximum Gasteiger partial charge on any atom is 0.133 e. The van der Waals surface area contributed by atoms with Gasteiger partial charge >= 0.3 is 0 Å². The summed E-state index contributed by atoms with van der Waals surface area (Å²) >= 11 is 0. The monoisotopic (exact) mass is 235 g/mol. The van der Waals surface area contributed by atoms with Gasteiger partial charge in [0, 0.05) is 32.6 Å². The van der Waals surface area contributed by atoms with Crippen LogP contribution in [-0.4, -0.2) is 51.9 Å². The van der Waals surface area contributed by atoms with Gasteiger partial charge in [0.15, 0.2) is 0 Å². The molecular formula is C12H21N5. The summed E-state index contributed by atoms with van der Waals surface area (Å²) in [5.41, 5.74) is 0. The smallest absolute Gasteiger partial charge is 0.133 e. The minimum atomic E-state index is 0.700. The Kier molecular flexibility index (Phi) is 3.11. The van der Waals surface area contributed by atoms with Crippen molar-refractivity contribution in [3.63, 3.8) is 0 Å². The third kappa shape index (κ3) is 2.35. The number of hydrogen-bond donors (Lipinski definition) is 1. The third-order valence-corrected chi connectivity index (χ3v) is 4.22. The maximum atomic E-state index is 4.11. The van der Waals surface area contributed by atoms with E-state index in [1.807, 2.05) is 11.6 Å². The molecule has 17 heavy (non-hydrogen) atoms. The van der Waals surface area contributed by atoms with E-state index < -0.39 is 0 Å². The van der Waals surface area contributed by atoms with Gasteiger partial charge in [0.2, 0.25) is 0 Å². The molecule has 5 heteroatoms. The standard InChI is InChI=1S/C12H21N5/c1-16-9-14-15-12(16)2-5-13-11-8-17-6-3-10(11)4-7-17/h9-11,13H,2-8H2,1H3. The van der Waals surface area contributed by atoms with Crippen LogP contribution in [0.2, 0.25) is 0 Å². The molecule has 0 aliphatic carbocycles. The van der Waals surface area contributed by atoms with E-state index in [0.29, 0.717) is 6.04 Å². The van der Waals surface area contributed by atoms with Crippen molar-refractivity contribution in [3.8, 4) is 0 Å². The number of piperidine rings is 3. The molecule has 1 aromatic rings. The highest BCUT2D eigenvalue weighted by Gasteiger charge is 2.33. The lowest BCUT2D eigenvalue weighted by Crippen LogP contribution is -2.56. The summed E-state index contributed by atoms with van der Waals surface area (Å²) in [6.07, 6.45) is 5.49. The molecule has 1 unspecified atom stereocenters. The van der Waals surface area contributed by atoms with Crippen molar-refractivity contribution >= 4 is 0 Å². The van der Waals surface area contributed by atoms with Crippen LogP contribution in [-0.2, 0) is 13.5 Å². The van der Waals surface area contributed by atoms with E-state index in [0.717, 1.165) is 24.7 Å². The molecular weight excluding hydrogens is 214 g/mol. The van der Waals surface area contributed by atoms with E-state index in [-0.39, 0.29) is 0 Å². The van der Waals surface area contributed by atoms with E-state index in [2.05, 4.69) is 20.4 Å². The minimum absolute atomic E-state index is 0.700. The quantitative estimate of drug-likeness (QED) is 0.800. The van der Waals surface area contributed by atoms with Crippen LogP contribution >= 0.6 is 0 Å². The van der Waals surface area contributed by atoms with Crippen molar-refractivity contribution in [2.75, 3.05) is 26.2 Å². The fourth-order valence-corrected chi connectivity index (χ4v) is 3.10. The van der Waals surface area contributed by atoms with Gasteiger partial charge in [0.05, 0.1) is 0 Å². The van der Waals surface area contributed by atoms with Gasteiger partial charge in [-0.25, -0.2) is 0 Å². The van der Waals surface area contributed by atoms with Crippen LogP contribution in [0.5, 0.6) is 0 Å². The van der Waals surface area contributed by atoms with Crippen LogP contribution in [0.15, 0.2) is 6.33 Å². The number of aryl methyl sites for hydroxylation is 1. The molecule has 1 atom stereocenters. The van der Waals surface area contributed by atoms with Gasteiger partial charge < -0.3 is 14.8 Å². The summed E-state index contributed by atoms with van der Waals surface area (Å²) in [5, 5.41) is 11.7. The Labute approximate surface area is 102 Å². The average Bonchev–Trinajstić information content (AvgIpc) is 2.77. The Morgan fingerprint density at radius 2 is 2.24 bits per heavy atom. The predicted octanol–water partition coefficient (Wildman–Crippen LogP) is 0.0414. The second kappa shape index (κ2) is 4.74. The molecule has 4 rings (SSSR count). The Bertz CT molecular complexity index is 367. The van der Waals surface area contributed by atoms with Gasteiger partial charge in [0.25, 0.3) is 0 Å². The number of fused-ring (bicyclic) bond motifs is 3. The second-order valence-corrected chi connectivity index (χ2v) is 5.31. The lowest BCUT2D eigenvalue weighted by molar-refractivity contribution is 0.0730. The highest BCUT2D eigenvalue weighted by molar-refractivity contribution is 4.92. The lowest BCUT2D eigenvalue weighted by atomic mass is 9.84. The van der Waals surface area contributed by atoms with Crippen LogP contribution in [0, 0.1) is 5.92 Å². The van der Waals surface area contributed by atoms with E-state index in [1.165, 1.54) is 32.5 Å². The van der Waals surface area contributed by atoms with Crippen molar-refractivity contribution in [2.45, 2.75) is 25.3 Å². The van der Waals surface area contributed by atoms with E-state index in [4.69, 9.17) is 0 Å². The van der Waals surface area contributed by atoms with E-state index in [9.17, 15) is 0 Å². The van der Waals surface area contributed by atoms with Crippen LogP contribution in [0.25, 0.3) is 0 Å². The molecule has 3 aliphatic heterocycles. The van der Waals surface area contributed by atoms with Crippen molar-refractivity contribution in [2.24, 2.45) is 13.0 Å². The summed E-state index contributed by atoms with van der Waals surface area (Å²) in [6.45, 7) is 4.88. The molecule has 3 aliphatic rings. The Balaban J connectivity index is 1.47. The van der Waals surface area contributed by atoms with Gasteiger partial charge in [0.1, 0.15) is 12.2 Å². The molecule has 0 saturated carbocycles. The number of nitrogens with zero attached hydrogens (tertiary/aromatic N) is 4. The fourth-order valence-electron chi connectivity index (χ4n) is 3.10. The molecule has 0 amide bonds. The molecule has 3 saturated heterocycles. The van der Waals surface area contributed by atoms with Crippen molar-refractivity contribution in [3.05, 3.63) is 12.2 Å². The average molecular weight is 235 g/mol. The molecule has 0 spiro atoms. The molecule has 5 nitrogen and oxygen atoms in total. The first kappa shape index (κ1) is 11.2. The summed E-state index contributed by atoms with van der Waals surface area (Å²) in [6, 6.07) is 0.700. The number of aromatic nitrogens is 3. The summed E-state index contributed by atoms with van der Waals surface area (Å²) in [4.78, 5) is 2.58. The van der Waals surface area contributed by atoms with Gasteiger partial charge in [-0.05, 0) is 31.8 Å². The molecule has 0 aromatic carbocycles. The van der Waals surface area contributed by atoms with Gasteiger partial charge in [-0.2, -0.15) is 0 Å². The number of rotatable bonds is 4. The first-order chi connectivity index (χ1) is 8.33. The first-order valence-corrected chi connectivity index (χ1v) is 6.61. The number of nitrogens with one attached hydrogen (secondary N) is 1. The van der Waals surface area contributed by atoms with Crippen molar-refractivity contribution < 1.29 is 0 Å². The van der Waals surface area contributed by atoms with Crippen molar-refractivity contribution in [1.29, 1.82) is 0 Å². The molecule has 1 aromatic heterocycles. The van der Waals surface area contributed by atoms with Crippen LogP contribution in [0.1, 0.15) is 18.7 Å². The summed E-state index contributed by atoms with van der Waals surface area (Å²) in [7, 11) is 2.00. The SMILES string of the molecule is Cn1cnnc1CCNC1CN2CCC1CC2. The molecule has 1 N–H and O–H groups in total. The van der Waals surface area contributed by atoms with Crippen LogP contribution in [0.3, 0.4) is 0 Å². The minimum Gasteiger partial charge on any atom is -0.321 e. The van der Waals surface area contributed by atoms with E-state index >= 15 is 0 Å². The highest BCUT2D eigenvalue weighted by atomic mass is 15.2. The Morgan fingerprint density at radius 3 is 2.82 bits per heavy atom. The summed E-state index contributed by atoms with van der Waals surface area (Å²) in [5.74, 6) is 1.97. The Morgan fingerprint density at radius 1 is 1.41 bits per heavy atom. The second-order valence-electron chi connectivity index (χ2n) is 5.31. The lowest BCUT2D eigenvalue weighted by Gasteiger charge is -2.45. The maximum absolute atomic E-state index is 4.11. The largest absolute Gasteiger partial charge is 0.321 e. The van der Waals surface area contributed by atoms with Crippen molar-refractivity contribution in [1.82, 2.24) is 25.0 Å². The van der Waals surface area contributed by atoms with Crippen LogP contribution in [0.4, 0.5) is 0 Å². The zero-order chi connectivity index (χ0) is 11.7. The summed E-state index contributed by atoms with van der Waals surface area (Å²) < 4.78 is 2.00. The van der Waals surface area contributed by atoms with E-state index in [1.54, 1.807) is 6.33 Å². The topological polar surface area (TPSA) is 46.0 Å². The highest BCUT2D eigenvalue weighted by Crippen LogP contribution is 2.27. The molecule has 3 fully saturated rings. The molecule has 0 radical (unpaired) electrons. The van der Waals surface area contributed by atoms with Gasteiger partial charge in [-0.15, -0.1) is 10.2 Å². The van der Waals surface area contributed by atoms with Crippen LogP contribution < -0.4 is 5.32 Å². The third-order valence-electron chi connectivity index (χ3n) is 4.22. The normalized spacial score (nSPS) is 31.9.